The summed E-state index contributed by atoms with van der Waals surface area (Å²) >= 11 is 0. The molecule has 0 radical (unpaired) electrons. The van der Waals surface area contributed by atoms with Crippen LogP contribution in [0.5, 0.6) is 0 Å². The topological polar surface area (TPSA) is 23.8 Å². The van der Waals surface area contributed by atoms with Gasteiger partial charge in [0.15, 0.2) is 0 Å². The molecule has 0 amide bonds. The summed E-state index contributed by atoms with van der Waals surface area (Å²) in [5.41, 5.74) is 0.0331. The number of unbranched alkanes of at least 4 members (excludes halogenated alkanes) is 1. The first-order valence-electron chi connectivity index (χ1n) is 11.1. The lowest BCUT2D eigenvalue weighted by Gasteiger charge is -2.47. The van der Waals surface area contributed by atoms with Gasteiger partial charge in [0.1, 0.15) is 0 Å². The molecule has 0 aliphatic heterocycles. The lowest BCUT2D eigenvalue weighted by atomic mass is 9.57. The van der Waals surface area contributed by atoms with Crippen molar-refractivity contribution in [1.29, 1.82) is 5.26 Å². The Kier molecular flexibility index (Phi) is 6.28. The summed E-state index contributed by atoms with van der Waals surface area (Å²) in [6, 6.07) is 2.70. The third-order valence-electron chi connectivity index (χ3n) is 8.26. The molecule has 24 heavy (non-hydrogen) atoms. The number of rotatable bonds is 5. The van der Waals surface area contributed by atoms with Gasteiger partial charge in [0.05, 0.1) is 11.5 Å². The predicted molar refractivity (Wildman–Crippen MR) is 101 cm³/mol. The third-order valence-corrected chi connectivity index (χ3v) is 8.26. The van der Waals surface area contributed by atoms with E-state index in [0.717, 1.165) is 36.0 Å². The molecule has 4 atom stereocenters. The van der Waals surface area contributed by atoms with Crippen LogP contribution in [0, 0.1) is 46.3 Å². The number of hydrogen-bond acceptors (Lipinski definition) is 1. The van der Waals surface area contributed by atoms with Crippen molar-refractivity contribution in [2.45, 2.75) is 104 Å². The Bertz CT molecular complexity index is 428. The van der Waals surface area contributed by atoms with E-state index < -0.39 is 0 Å². The van der Waals surface area contributed by atoms with Crippen molar-refractivity contribution in [2.75, 3.05) is 0 Å². The molecule has 0 aromatic heterocycles. The lowest BCUT2D eigenvalue weighted by Crippen LogP contribution is -2.38. The highest BCUT2D eigenvalue weighted by atomic mass is 14.5. The minimum Gasteiger partial charge on any atom is -0.198 e. The standard InChI is InChI=1S/C23H39N/c1-3-5-6-18-7-9-19(10-8-18)20-11-12-22-16-23(4-2,17-24)14-13-21(22)15-20/h18-22H,3-16H2,1-2H3. The van der Waals surface area contributed by atoms with Crippen molar-refractivity contribution >= 4 is 0 Å². The summed E-state index contributed by atoms with van der Waals surface area (Å²) in [4.78, 5) is 0. The van der Waals surface area contributed by atoms with Gasteiger partial charge in [-0.25, -0.2) is 0 Å². The molecule has 3 saturated carbocycles. The van der Waals surface area contributed by atoms with Crippen molar-refractivity contribution in [3.8, 4) is 6.07 Å². The summed E-state index contributed by atoms with van der Waals surface area (Å²) in [7, 11) is 0. The quantitative estimate of drug-likeness (QED) is 0.526. The van der Waals surface area contributed by atoms with Gasteiger partial charge in [-0.3, -0.25) is 0 Å². The van der Waals surface area contributed by atoms with Crippen LogP contribution in [0.1, 0.15) is 104 Å². The van der Waals surface area contributed by atoms with E-state index in [9.17, 15) is 5.26 Å². The monoisotopic (exact) mass is 329 g/mol. The van der Waals surface area contributed by atoms with E-state index in [0.29, 0.717) is 0 Å². The summed E-state index contributed by atoms with van der Waals surface area (Å²) in [6.07, 6.45) is 19.6. The van der Waals surface area contributed by atoms with E-state index >= 15 is 0 Å². The maximum Gasteiger partial charge on any atom is 0.0689 e. The van der Waals surface area contributed by atoms with Gasteiger partial charge >= 0.3 is 0 Å². The second-order valence-electron chi connectivity index (χ2n) is 9.50. The van der Waals surface area contributed by atoms with E-state index in [2.05, 4.69) is 19.9 Å². The molecule has 0 saturated heterocycles. The third kappa shape index (κ3) is 4.00. The molecule has 136 valence electrons. The van der Waals surface area contributed by atoms with Gasteiger partial charge in [0.25, 0.3) is 0 Å². The normalized spacial score (nSPS) is 43.0. The predicted octanol–water partition coefficient (Wildman–Crippen LogP) is 7.12. The van der Waals surface area contributed by atoms with Gasteiger partial charge in [-0.1, -0.05) is 46.0 Å². The SMILES string of the molecule is CCCCC1CCC(C2CCC3CC(C#N)(CC)CCC3C2)CC1. The fourth-order valence-electron chi connectivity index (χ4n) is 6.42. The maximum atomic E-state index is 9.62. The number of fused-ring (bicyclic) bond motifs is 1. The first kappa shape index (κ1) is 18.3. The van der Waals surface area contributed by atoms with E-state index in [4.69, 9.17) is 0 Å². The number of hydrogen-bond donors (Lipinski definition) is 0. The van der Waals surface area contributed by atoms with Crippen LogP contribution in [-0.4, -0.2) is 0 Å². The van der Waals surface area contributed by atoms with Crippen molar-refractivity contribution < 1.29 is 0 Å². The Labute approximate surface area is 150 Å². The smallest absolute Gasteiger partial charge is 0.0689 e. The minimum absolute atomic E-state index is 0.0331. The molecule has 0 heterocycles. The highest BCUT2D eigenvalue weighted by Gasteiger charge is 2.43. The largest absolute Gasteiger partial charge is 0.198 e. The van der Waals surface area contributed by atoms with Gasteiger partial charge in [0, 0.05) is 0 Å². The molecule has 0 bridgehead atoms. The van der Waals surface area contributed by atoms with Crippen molar-refractivity contribution in [2.24, 2.45) is 35.0 Å². The summed E-state index contributed by atoms with van der Waals surface area (Å²) in [5, 5.41) is 9.62. The van der Waals surface area contributed by atoms with Gasteiger partial charge < -0.3 is 0 Å². The Hall–Kier alpha value is -0.510. The zero-order valence-corrected chi connectivity index (χ0v) is 16.2. The van der Waals surface area contributed by atoms with Crippen LogP contribution < -0.4 is 0 Å². The van der Waals surface area contributed by atoms with E-state index in [-0.39, 0.29) is 5.41 Å². The van der Waals surface area contributed by atoms with Crippen LogP contribution >= 0.6 is 0 Å². The average molecular weight is 330 g/mol. The van der Waals surface area contributed by atoms with E-state index in [1.54, 1.807) is 0 Å². The highest BCUT2D eigenvalue weighted by molar-refractivity contribution is 5.04. The zero-order chi connectivity index (χ0) is 17.0. The number of nitrogens with zero attached hydrogens (tertiary/aromatic N) is 1. The summed E-state index contributed by atoms with van der Waals surface area (Å²) in [5.74, 6) is 4.94. The zero-order valence-electron chi connectivity index (χ0n) is 16.2. The Morgan fingerprint density at radius 3 is 2.21 bits per heavy atom. The molecule has 3 aliphatic carbocycles. The van der Waals surface area contributed by atoms with Crippen LogP contribution in [0.25, 0.3) is 0 Å². The van der Waals surface area contributed by atoms with Crippen LogP contribution in [0.15, 0.2) is 0 Å². The highest BCUT2D eigenvalue weighted by Crippen LogP contribution is 2.53. The fourth-order valence-corrected chi connectivity index (χ4v) is 6.42. The Morgan fingerprint density at radius 2 is 1.54 bits per heavy atom. The first-order valence-corrected chi connectivity index (χ1v) is 11.1. The van der Waals surface area contributed by atoms with Crippen LogP contribution in [0.2, 0.25) is 0 Å². The molecule has 1 heteroatoms. The average Bonchev–Trinajstić information content (AvgIpc) is 2.66. The molecular weight excluding hydrogens is 290 g/mol. The molecule has 0 aromatic rings. The molecular formula is C23H39N. The van der Waals surface area contributed by atoms with Crippen LogP contribution in [0.4, 0.5) is 0 Å². The first-order chi connectivity index (χ1) is 11.7. The molecule has 1 nitrogen and oxygen atoms in total. The minimum atomic E-state index is 0.0331. The second-order valence-corrected chi connectivity index (χ2v) is 9.50. The molecule has 0 spiro atoms. The van der Waals surface area contributed by atoms with E-state index in [1.165, 1.54) is 83.5 Å². The van der Waals surface area contributed by atoms with Crippen LogP contribution in [0.3, 0.4) is 0 Å². The van der Waals surface area contributed by atoms with Crippen molar-refractivity contribution in [3.63, 3.8) is 0 Å². The summed E-state index contributed by atoms with van der Waals surface area (Å²) in [6.45, 7) is 4.56. The lowest BCUT2D eigenvalue weighted by molar-refractivity contribution is 0.0401. The van der Waals surface area contributed by atoms with Gasteiger partial charge in [-0.05, 0) is 87.4 Å². The molecule has 4 unspecified atom stereocenters. The molecule has 3 aliphatic rings. The second kappa shape index (κ2) is 8.25. The fraction of sp³-hybridized carbons (Fsp3) is 0.957. The Morgan fingerprint density at radius 1 is 0.875 bits per heavy atom. The summed E-state index contributed by atoms with van der Waals surface area (Å²) < 4.78 is 0. The van der Waals surface area contributed by atoms with Gasteiger partial charge in [-0.15, -0.1) is 0 Å². The molecule has 0 aromatic carbocycles. The van der Waals surface area contributed by atoms with Gasteiger partial charge in [0.2, 0.25) is 0 Å². The van der Waals surface area contributed by atoms with Crippen molar-refractivity contribution in [3.05, 3.63) is 0 Å². The van der Waals surface area contributed by atoms with Crippen LogP contribution in [-0.2, 0) is 0 Å². The van der Waals surface area contributed by atoms with Gasteiger partial charge in [-0.2, -0.15) is 5.26 Å². The molecule has 0 N–H and O–H groups in total. The number of nitriles is 1. The molecule has 3 fully saturated rings. The molecule has 3 rings (SSSR count). The maximum absolute atomic E-state index is 9.62. The van der Waals surface area contributed by atoms with E-state index in [1.807, 2.05) is 0 Å². The van der Waals surface area contributed by atoms with Crippen molar-refractivity contribution in [1.82, 2.24) is 0 Å². The Balaban J connectivity index is 1.48.